The molecule has 0 bridgehead atoms. The van der Waals surface area contributed by atoms with Gasteiger partial charge in [0.05, 0.1) is 5.69 Å². The van der Waals surface area contributed by atoms with Crippen molar-refractivity contribution >= 4 is 11.6 Å². The van der Waals surface area contributed by atoms with Crippen LogP contribution in [-0.2, 0) is 35.8 Å². The lowest BCUT2D eigenvalue weighted by molar-refractivity contribution is 0.249. The number of unbranched alkanes of at least 4 members (excludes halogenated alkanes) is 2. The van der Waals surface area contributed by atoms with Crippen LogP contribution in [-0.4, -0.2) is 125 Å². The van der Waals surface area contributed by atoms with Gasteiger partial charge in [-0.25, -0.2) is 38.9 Å². The van der Waals surface area contributed by atoms with E-state index in [4.69, 9.17) is 19.9 Å². The van der Waals surface area contributed by atoms with Crippen molar-refractivity contribution in [1.82, 2.24) is 59.3 Å². The predicted octanol–water partition coefficient (Wildman–Crippen LogP) is 3.49. The summed E-state index contributed by atoms with van der Waals surface area (Å²) in [6, 6.07) is 4.31. The van der Waals surface area contributed by atoms with Crippen LogP contribution in [0.5, 0.6) is 0 Å². The standard InChI is InChI=1S/C23H37N7O2.C22H35N7O2/c1-22(2,3)17-15-18(26-20(25-17)23(4,5)6)29-13-11-28(12-14-29)9-7-8-10-30-21(32)27-19(31)16-24-30;1-5-8-17-15-18(25-20(24-17)22(2,3)4)28-13-11-27(12-14-28)9-6-7-10-29-21(31)26-19(30)16-23-29/h15-16H,7-14H2,1-6H3,(H,27,31,32);15-16H,5-14H2,1-4H3,(H,26,30,31). The molecule has 4 aromatic heterocycles. The van der Waals surface area contributed by atoms with Crippen molar-refractivity contribution in [2.45, 2.75) is 137 Å². The third-order valence-corrected chi connectivity index (χ3v) is 11.2. The van der Waals surface area contributed by atoms with Crippen LogP contribution in [0, 0.1) is 0 Å². The van der Waals surface area contributed by atoms with Crippen molar-refractivity contribution in [2.75, 3.05) is 75.2 Å². The molecule has 0 spiro atoms. The molecule has 6 heterocycles. The number of anilines is 2. The lowest BCUT2D eigenvalue weighted by atomic mass is 9.90. The molecule has 0 aliphatic carbocycles. The molecule has 18 heteroatoms. The molecule has 346 valence electrons. The number of nitrogens with one attached hydrogen (secondary N) is 2. The number of piperazine rings is 2. The predicted molar refractivity (Wildman–Crippen MR) is 248 cm³/mol. The zero-order valence-corrected chi connectivity index (χ0v) is 39.5. The van der Waals surface area contributed by atoms with Gasteiger partial charge in [0, 0.05) is 99.5 Å². The van der Waals surface area contributed by atoms with E-state index < -0.39 is 22.5 Å². The van der Waals surface area contributed by atoms with E-state index in [2.05, 4.69) is 121 Å². The van der Waals surface area contributed by atoms with Crippen molar-refractivity contribution in [3.63, 3.8) is 0 Å². The molecule has 0 radical (unpaired) electrons. The lowest BCUT2D eigenvalue weighted by Gasteiger charge is -2.36. The molecule has 6 rings (SSSR count). The third-order valence-electron chi connectivity index (χ3n) is 11.2. The van der Waals surface area contributed by atoms with Crippen molar-refractivity contribution in [3.05, 3.63) is 89.2 Å². The normalized spacial score (nSPS) is 15.7. The third kappa shape index (κ3) is 14.7. The Morgan fingerprint density at radius 2 is 0.937 bits per heavy atom. The fraction of sp³-hybridized carbons (Fsp3) is 0.689. The van der Waals surface area contributed by atoms with Crippen molar-refractivity contribution in [3.8, 4) is 0 Å². The van der Waals surface area contributed by atoms with Gasteiger partial charge >= 0.3 is 11.4 Å². The number of aryl methyl sites for hydroxylation is 3. The molecular formula is C45H72N14O4. The maximum atomic E-state index is 11.7. The van der Waals surface area contributed by atoms with Crippen molar-refractivity contribution in [2.24, 2.45) is 0 Å². The largest absolute Gasteiger partial charge is 0.354 e. The van der Waals surface area contributed by atoms with Crippen molar-refractivity contribution < 1.29 is 0 Å². The van der Waals surface area contributed by atoms with Gasteiger partial charge in [-0.05, 0) is 45.2 Å². The van der Waals surface area contributed by atoms with E-state index in [0.717, 1.165) is 151 Å². The van der Waals surface area contributed by atoms with Crippen molar-refractivity contribution in [1.29, 1.82) is 0 Å². The minimum absolute atomic E-state index is 0.0257. The van der Waals surface area contributed by atoms with E-state index >= 15 is 0 Å². The molecule has 63 heavy (non-hydrogen) atoms. The Morgan fingerprint density at radius 1 is 0.524 bits per heavy atom. The summed E-state index contributed by atoms with van der Waals surface area (Å²) in [5.74, 6) is 3.89. The topological polar surface area (TPSA) is 200 Å². The first-order valence-electron chi connectivity index (χ1n) is 22.8. The minimum Gasteiger partial charge on any atom is -0.354 e. The zero-order valence-electron chi connectivity index (χ0n) is 39.5. The minimum atomic E-state index is -0.461. The van der Waals surface area contributed by atoms with Gasteiger partial charge in [0.2, 0.25) is 0 Å². The molecule has 2 aliphatic heterocycles. The highest BCUT2D eigenvalue weighted by atomic mass is 16.2. The highest BCUT2D eigenvalue weighted by Gasteiger charge is 2.27. The zero-order chi connectivity index (χ0) is 46.0. The summed E-state index contributed by atoms with van der Waals surface area (Å²) in [6.07, 6.45) is 7.99. The number of rotatable bonds is 14. The van der Waals surface area contributed by atoms with Gasteiger partial charge in [0.1, 0.15) is 35.7 Å². The Balaban J connectivity index is 0.000000238. The number of hydrogen-bond donors (Lipinski definition) is 2. The lowest BCUT2D eigenvalue weighted by Crippen LogP contribution is -2.47. The first kappa shape index (κ1) is 48.9. The van der Waals surface area contributed by atoms with E-state index in [0.29, 0.717) is 13.1 Å². The molecule has 0 unspecified atom stereocenters. The first-order chi connectivity index (χ1) is 29.7. The molecule has 0 amide bonds. The average Bonchev–Trinajstić information content (AvgIpc) is 3.22. The highest BCUT2D eigenvalue weighted by Crippen LogP contribution is 2.29. The molecule has 18 nitrogen and oxygen atoms in total. The van der Waals surface area contributed by atoms with Crippen LogP contribution in [0.2, 0.25) is 0 Å². The molecule has 2 aliphatic rings. The molecule has 0 atom stereocenters. The fourth-order valence-corrected chi connectivity index (χ4v) is 7.35. The van der Waals surface area contributed by atoms with Crippen LogP contribution < -0.4 is 32.3 Å². The van der Waals surface area contributed by atoms with E-state index in [-0.39, 0.29) is 16.2 Å². The SMILES string of the molecule is CC(C)(C)c1cc(N2CCN(CCCCn3ncc(=O)[nH]c3=O)CC2)nc(C(C)(C)C)n1.CCCc1cc(N2CCN(CCCCn3ncc(=O)[nH]c3=O)CC2)nc(C(C)(C)C)n1. The van der Waals surface area contributed by atoms with E-state index in [1.165, 1.54) is 9.36 Å². The number of aromatic nitrogens is 10. The van der Waals surface area contributed by atoms with Gasteiger partial charge < -0.3 is 9.80 Å². The first-order valence-corrected chi connectivity index (χ1v) is 22.8. The summed E-state index contributed by atoms with van der Waals surface area (Å²) in [7, 11) is 0. The monoisotopic (exact) mass is 873 g/mol. The summed E-state index contributed by atoms with van der Waals surface area (Å²) < 4.78 is 2.63. The molecule has 4 aromatic rings. The van der Waals surface area contributed by atoms with E-state index in [1.807, 2.05) is 0 Å². The summed E-state index contributed by atoms with van der Waals surface area (Å²) in [6.45, 7) is 32.5. The molecule has 0 aromatic carbocycles. The fourth-order valence-electron chi connectivity index (χ4n) is 7.35. The van der Waals surface area contributed by atoms with Crippen LogP contribution in [0.3, 0.4) is 0 Å². The number of nitrogens with zero attached hydrogens (tertiary/aromatic N) is 12. The Morgan fingerprint density at radius 3 is 1.33 bits per heavy atom. The van der Waals surface area contributed by atoms with Gasteiger partial charge in [-0.3, -0.25) is 29.4 Å². The molecule has 2 saturated heterocycles. The second kappa shape index (κ2) is 21.5. The highest BCUT2D eigenvalue weighted by molar-refractivity contribution is 5.43. The summed E-state index contributed by atoms with van der Waals surface area (Å²) in [4.78, 5) is 79.1. The number of H-pyrrole nitrogens is 2. The molecule has 2 fully saturated rings. The van der Waals surface area contributed by atoms with Crippen LogP contribution in [0.4, 0.5) is 11.6 Å². The number of aromatic amines is 2. The van der Waals surface area contributed by atoms with E-state index in [9.17, 15) is 19.2 Å². The number of hydrogen-bond acceptors (Lipinski definition) is 14. The van der Waals surface area contributed by atoms with Gasteiger partial charge in [-0.15, -0.1) is 0 Å². The second-order valence-corrected chi connectivity index (χ2v) is 19.9. The summed E-state index contributed by atoms with van der Waals surface area (Å²) >= 11 is 0. The Bertz CT molecular complexity index is 2280. The molecular weight excluding hydrogens is 801 g/mol. The maximum absolute atomic E-state index is 11.7. The Kier molecular flexibility index (Phi) is 16.7. The van der Waals surface area contributed by atoms with E-state index in [1.54, 1.807) is 0 Å². The average molecular weight is 873 g/mol. The van der Waals surface area contributed by atoms with Gasteiger partial charge in [-0.1, -0.05) is 75.7 Å². The van der Waals surface area contributed by atoms with Crippen LogP contribution in [0.1, 0.15) is 124 Å². The Hall–Kier alpha value is -5.10. The van der Waals surface area contributed by atoms with Crippen LogP contribution in [0.15, 0.2) is 43.7 Å². The maximum Gasteiger partial charge on any atom is 0.344 e. The quantitative estimate of drug-likeness (QED) is 0.175. The van der Waals surface area contributed by atoms with Crippen LogP contribution in [0.25, 0.3) is 0 Å². The van der Waals surface area contributed by atoms with Gasteiger partial charge in [-0.2, -0.15) is 10.2 Å². The smallest absolute Gasteiger partial charge is 0.344 e. The molecule has 0 saturated carbocycles. The Labute approximate surface area is 371 Å². The van der Waals surface area contributed by atoms with Crippen LogP contribution >= 0.6 is 0 Å². The summed E-state index contributed by atoms with van der Waals surface area (Å²) in [5.41, 5.74) is 0.220. The summed E-state index contributed by atoms with van der Waals surface area (Å²) in [5, 5.41) is 7.76. The van der Waals surface area contributed by atoms with Gasteiger partial charge in [0.25, 0.3) is 11.1 Å². The second-order valence-electron chi connectivity index (χ2n) is 19.9. The van der Waals surface area contributed by atoms with Gasteiger partial charge in [0.15, 0.2) is 0 Å². The molecule has 2 N–H and O–H groups in total.